The Morgan fingerprint density at radius 2 is 2.00 bits per heavy atom. The zero-order valence-electron chi connectivity index (χ0n) is 15.3. The number of nitrogens with zero attached hydrogens (tertiary/aromatic N) is 2. The van der Waals surface area contributed by atoms with Crippen LogP contribution in [0.15, 0.2) is 46.3 Å². The average Bonchev–Trinajstić information content (AvgIpc) is 3.25. The monoisotopic (exact) mass is 369 g/mol. The van der Waals surface area contributed by atoms with Crippen molar-refractivity contribution < 1.29 is 9.32 Å². The van der Waals surface area contributed by atoms with Crippen molar-refractivity contribution in [3.63, 3.8) is 0 Å². The van der Waals surface area contributed by atoms with E-state index < -0.39 is 0 Å². The molecule has 0 fully saturated rings. The maximum absolute atomic E-state index is 12.4. The Balaban J connectivity index is 1.53. The summed E-state index contributed by atoms with van der Waals surface area (Å²) in [5, 5.41) is 9.83. The Labute approximate surface area is 157 Å². The highest BCUT2D eigenvalue weighted by molar-refractivity contribution is 7.13. The van der Waals surface area contributed by atoms with Gasteiger partial charge in [-0.15, -0.1) is 11.3 Å². The van der Waals surface area contributed by atoms with E-state index in [9.17, 15) is 4.79 Å². The number of carbonyl (C=O) groups is 1. The first-order chi connectivity index (χ1) is 12.4. The smallest absolute Gasteiger partial charge is 0.188 e. The first-order valence-corrected chi connectivity index (χ1v) is 9.52. The lowest BCUT2D eigenvalue weighted by molar-refractivity contribution is 0.0986. The number of ketones is 1. The van der Waals surface area contributed by atoms with Crippen LogP contribution >= 0.6 is 11.3 Å². The Morgan fingerprint density at radius 3 is 2.69 bits per heavy atom. The Hall–Kier alpha value is -2.47. The molecule has 0 saturated carbocycles. The van der Waals surface area contributed by atoms with Gasteiger partial charge in [-0.2, -0.15) is 0 Å². The number of anilines is 1. The van der Waals surface area contributed by atoms with Crippen LogP contribution < -0.4 is 5.32 Å². The second-order valence-corrected chi connectivity index (χ2v) is 8.09. The maximum Gasteiger partial charge on any atom is 0.188 e. The maximum atomic E-state index is 12.4. The van der Waals surface area contributed by atoms with Crippen LogP contribution in [0.25, 0.3) is 0 Å². The van der Waals surface area contributed by atoms with Gasteiger partial charge in [0.25, 0.3) is 0 Å². The molecule has 26 heavy (non-hydrogen) atoms. The van der Waals surface area contributed by atoms with Crippen molar-refractivity contribution >= 4 is 22.3 Å². The van der Waals surface area contributed by atoms with Crippen molar-refractivity contribution in [3.05, 3.63) is 64.5 Å². The summed E-state index contributed by atoms with van der Waals surface area (Å²) in [7, 11) is 0. The van der Waals surface area contributed by atoms with Gasteiger partial charge in [-0.05, 0) is 12.0 Å². The molecule has 2 aromatic heterocycles. The predicted molar refractivity (Wildman–Crippen MR) is 104 cm³/mol. The fourth-order valence-corrected chi connectivity index (χ4v) is 3.19. The van der Waals surface area contributed by atoms with E-state index in [0.717, 1.165) is 23.9 Å². The summed E-state index contributed by atoms with van der Waals surface area (Å²) in [6, 6.07) is 12.1. The van der Waals surface area contributed by atoms with Gasteiger partial charge in [0.1, 0.15) is 11.5 Å². The molecule has 0 spiro atoms. The van der Waals surface area contributed by atoms with Gasteiger partial charge in [0.05, 0.1) is 12.1 Å². The molecule has 5 nitrogen and oxygen atoms in total. The third kappa shape index (κ3) is 4.79. The largest absolute Gasteiger partial charge is 0.361 e. The van der Waals surface area contributed by atoms with Crippen molar-refractivity contribution in [1.29, 1.82) is 0 Å². The zero-order chi connectivity index (χ0) is 18.6. The number of Topliss-reactive ketones (excluding diaryl/α,β-unsaturated/α-hetero) is 1. The zero-order valence-corrected chi connectivity index (χ0v) is 16.1. The van der Waals surface area contributed by atoms with Crippen LogP contribution in [0, 0.1) is 0 Å². The quantitative estimate of drug-likeness (QED) is 0.621. The summed E-state index contributed by atoms with van der Waals surface area (Å²) in [6.45, 7) is 6.93. The van der Waals surface area contributed by atoms with Crippen molar-refractivity contribution in [2.45, 2.75) is 39.0 Å². The Morgan fingerprint density at radius 1 is 1.23 bits per heavy atom. The SMILES string of the molecule is CC(C)(C)c1cc(CC(=O)c2csc(NCCc3ccccc3)n2)no1. The van der Waals surface area contributed by atoms with Crippen LogP contribution in [0.2, 0.25) is 0 Å². The van der Waals surface area contributed by atoms with Gasteiger partial charge in [-0.3, -0.25) is 4.79 Å². The molecule has 3 aromatic rings. The van der Waals surface area contributed by atoms with E-state index in [1.807, 2.05) is 45.0 Å². The second-order valence-electron chi connectivity index (χ2n) is 7.23. The van der Waals surface area contributed by atoms with Crippen molar-refractivity contribution in [1.82, 2.24) is 10.1 Å². The van der Waals surface area contributed by atoms with E-state index in [2.05, 4.69) is 27.6 Å². The highest BCUT2D eigenvalue weighted by atomic mass is 32.1. The fourth-order valence-electron chi connectivity index (χ4n) is 2.45. The van der Waals surface area contributed by atoms with E-state index in [-0.39, 0.29) is 17.6 Å². The fraction of sp³-hybridized carbons (Fsp3) is 0.350. The standard InChI is InChI=1S/C20H23N3O2S/c1-20(2,3)18-12-15(23-25-18)11-17(24)16-13-26-19(22-16)21-10-9-14-7-5-4-6-8-14/h4-8,12-13H,9-11H2,1-3H3,(H,21,22). The van der Waals surface area contributed by atoms with Gasteiger partial charge in [0.15, 0.2) is 10.9 Å². The molecule has 136 valence electrons. The predicted octanol–water partition coefficient (Wildman–Crippen LogP) is 4.51. The molecular weight excluding hydrogens is 346 g/mol. The summed E-state index contributed by atoms with van der Waals surface area (Å²) in [5.41, 5.74) is 2.27. The molecule has 1 N–H and O–H groups in total. The molecular formula is C20H23N3O2S. The molecule has 0 aliphatic rings. The summed E-state index contributed by atoms with van der Waals surface area (Å²) >= 11 is 1.45. The van der Waals surface area contributed by atoms with Gasteiger partial charge < -0.3 is 9.84 Å². The number of nitrogens with one attached hydrogen (secondary N) is 1. The number of hydrogen-bond acceptors (Lipinski definition) is 6. The summed E-state index contributed by atoms with van der Waals surface area (Å²) in [5.74, 6) is 0.730. The third-order valence-corrected chi connectivity index (χ3v) is 4.76. The lowest BCUT2D eigenvalue weighted by Crippen LogP contribution is -2.09. The minimum Gasteiger partial charge on any atom is -0.361 e. The normalized spacial score (nSPS) is 11.5. The van der Waals surface area contributed by atoms with Crippen molar-refractivity contribution in [2.75, 3.05) is 11.9 Å². The lowest BCUT2D eigenvalue weighted by Gasteiger charge is -2.12. The molecule has 0 aliphatic carbocycles. The number of carbonyl (C=O) groups excluding carboxylic acids is 1. The number of benzene rings is 1. The van der Waals surface area contributed by atoms with E-state index in [0.29, 0.717) is 11.4 Å². The minimum absolute atomic E-state index is 0.0499. The van der Waals surface area contributed by atoms with E-state index in [1.54, 1.807) is 5.38 Å². The Kier molecular flexibility index (Phi) is 5.52. The van der Waals surface area contributed by atoms with E-state index >= 15 is 0 Å². The lowest BCUT2D eigenvalue weighted by atomic mass is 9.93. The van der Waals surface area contributed by atoms with Gasteiger partial charge >= 0.3 is 0 Å². The molecule has 0 amide bonds. The van der Waals surface area contributed by atoms with Gasteiger partial charge in [0.2, 0.25) is 0 Å². The number of thiazole rings is 1. The van der Waals surface area contributed by atoms with Crippen LogP contribution in [-0.2, 0) is 18.3 Å². The first kappa shape index (κ1) is 18.3. The highest BCUT2D eigenvalue weighted by Gasteiger charge is 2.21. The topological polar surface area (TPSA) is 68.0 Å². The van der Waals surface area contributed by atoms with Crippen LogP contribution in [0.1, 0.15) is 48.3 Å². The van der Waals surface area contributed by atoms with Gasteiger partial charge in [-0.1, -0.05) is 56.3 Å². The first-order valence-electron chi connectivity index (χ1n) is 8.64. The third-order valence-electron chi connectivity index (χ3n) is 3.96. The van der Waals surface area contributed by atoms with Crippen LogP contribution in [0.3, 0.4) is 0 Å². The average molecular weight is 369 g/mol. The molecule has 6 heteroatoms. The Bertz CT molecular complexity index is 863. The molecule has 0 unspecified atom stereocenters. The van der Waals surface area contributed by atoms with Crippen molar-refractivity contribution in [2.24, 2.45) is 0 Å². The summed E-state index contributed by atoms with van der Waals surface area (Å²) in [6.07, 6.45) is 1.12. The summed E-state index contributed by atoms with van der Waals surface area (Å²) in [4.78, 5) is 16.8. The molecule has 0 radical (unpaired) electrons. The second kappa shape index (κ2) is 7.83. The number of rotatable bonds is 7. The molecule has 3 rings (SSSR count). The molecule has 0 saturated heterocycles. The number of hydrogen-bond donors (Lipinski definition) is 1. The van der Waals surface area contributed by atoms with E-state index in [4.69, 9.17) is 4.52 Å². The molecule has 1 aromatic carbocycles. The van der Waals surface area contributed by atoms with Crippen LogP contribution in [0.5, 0.6) is 0 Å². The molecule has 0 atom stereocenters. The summed E-state index contributed by atoms with van der Waals surface area (Å²) < 4.78 is 5.33. The van der Waals surface area contributed by atoms with Crippen molar-refractivity contribution in [3.8, 4) is 0 Å². The van der Waals surface area contributed by atoms with Gasteiger partial charge in [0, 0.05) is 23.4 Å². The molecule has 2 heterocycles. The van der Waals surface area contributed by atoms with Crippen LogP contribution in [-0.4, -0.2) is 22.5 Å². The highest BCUT2D eigenvalue weighted by Crippen LogP contribution is 2.23. The van der Waals surface area contributed by atoms with Crippen LogP contribution in [0.4, 0.5) is 5.13 Å². The van der Waals surface area contributed by atoms with E-state index in [1.165, 1.54) is 16.9 Å². The van der Waals surface area contributed by atoms with Gasteiger partial charge in [-0.25, -0.2) is 4.98 Å². The number of aromatic nitrogens is 2. The molecule has 0 aliphatic heterocycles. The minimum atomic E-state index is -0.120. The molecule has 0 bridgehead atoms.